The largest absolute Gasteiger partial charge is 0.490 e. The van der Waals surface area contributed by atoms with Crippen molar-refractivity contribution < 1.29 is 4.74 Å². The zero-order valence-corrected chi connectivity index (χ0v) is 23.3. The summed E-state index contributed by atoms with van der Waals surface area (Å²) in [5, 5.41) is 0.562. The molecular weight excluding hydrogens is 408 g/mol. The molecule has 0 saturated carbocycles. The van der Waals surface area contributed by atoms with E-state index in [0.29, 0.717) is 11.1 Å². The molecule has 1 aromatic carbocycles. The van der Waals surface area contributed by atoms with E-state index in [4.69, 9.17) is 4.74 Å². The second kappa shape index (κ2) is 14.5. The first kappa shape index (κ1) is 26.6. The quantitative estimate of drug-likeness (QED) is 0.197. The maximum Gasteiger partial charge on any atom is 0.159 e. The van der Waals surface area contributed by atoms with Gasteiger partial charge < -0.3 is 4.74 Å². The Morgan fingerprint density at radius 1 is 0.875 bits per heavy atom. The lowest BCUT2D eigenvalue weighted by Gasteiger charge is -2.20. The molecule has 0 bridgehead atoms. The molecule has 0 aliphatic carbocycles. The molecule has 0 spiro atoms. The van der Waals surface area contributed by atoms with Crippen LogP contribution in [0.3, 0.4) is 0 Å². The number of benzene rings is 1. The number of ether oxygens (including phenoxy) is 1. The lowest BCUT2D eigenvalue weighted by molar-refractivity contribution is 0.182. The molecule has 1 unspecified atom stereocenters. The van der Waals surface area contributed by atoms with Crippen LogP contribution in [0.4, 0.5) is 0 Å². The van der Waals surface area contributed by atoms with Gasteiger partial charge in [0.05, 0.1) is 6.10 Å². The van der Waals surface area contributed by atoms with Crippen molar-refractivity contribution in [2.24, 2.45) is 0 Å². The Hall–Kier alpha value is -1.68. The highest BCUT2D eigenvalue weighted by Crippen LogP contribution is 2.27. The third-order valence-electron chi connectivity index (χ3n) is 6.10. The zero-order chi connectivity index (χ0) is 23.2. The standard InChI is InChI=1S/C28H46N2OSi/c1-5-7-8-9-10-11-14-23-21-29-27(30-22-23)24-16-18-26(19-17-24)31-25(6-2)15-12-13-20-28(3,4)32/h16-19,21-22,25H,5-15,20H2,1-4,32H3. The molecule has 0 fully saturated rings. The third kappa shape index (κ3) is 10.8. The summed E-state index contributed by atoms with van der Waals surface area (Å²) in [4.78, 5) is 9.21. The lowest BCUT2D eigenvalue weighted by Crippen LogP contribution is -2.15. The Bertz CT molecular complexity index is 738. The SMILES string of the molecule is CCCCCCCCc1cnc(-c2ccc(OC(CC)CCCCC(C)(C)[SiH3])cc2)nc1. The van der Waals surface area contributed by atoms with Crippen molar-refractivity contribution in [2.45, 2.75) is 116 Å². The fraction of sp³-hybridized carbons (Fsp3) is 0.643. The lowest BCUT2D eigenvalue weighted by atomic mass is 10.0. The summed E-state index contributed by atoms with van der Waals surface area (Å²) < 4.78 is 6.25. The van der Waals surface area contributed by atoms with Crippen LogP contribution in [0.2, 0.25) is 5.04 Å². The molecule has 178 valence electrons. The molecule has 1 atom stereocenters. The van der Waals surface area contributed by atoms with Crippen LogP contribution in [0, 0.1) is 0 Å². The van der Waals surface area contributed by atoms with Crippen molar-refractivity contribution in [3.05, 3.63) is 42.2 Å². The molecule has 0 N–H and O–H groups in total. The summed E-state index contributed by atoms with van der Waals surface area (Å²) in [7, 11) is 1.27. The molecule has 32 heavy (non-hydrogen) atoms. The van der Waals surface area contributed by atoms with E-state index in [-0.39, 0.29) is 0 Å². The highest BCUT2D eigenvalue weighted by Gasteiger charge is 2.12. The predicted octanol–water partition coefficient (Wildman–Crippen LogP) is 7.33. The maximum atomic E-state index is 6.25. The molecule has 3 nitrogen and oxygen atoms in total. The number of unbranched alkanes of at least 4 members (excludes halogenated alkanes) is 6. The van der Waals surface area contributed by atoms with Gasteiger partial charge in [0.2, 0.25) is 0 Å². The minimum Gasteiger partial charge on any atom is -0.490 e. The van der Waals surface area contributed by atoms with Gasteiger partial charge in [-0.2, -0.15) is 0 Å². The van der Waals surface area contributed by atoms with E-state index in [0.717, 1.165) is 36.4 Å². The van der Waals surface area contributed by atoms with Gasteiger partial charge in [0.1, 0.15) is 5.75 Å². The van der Waals surface area contributed by atoms with Gasteiger partial charge in [-0.3, -0.25) is 0 Å². The van der Waals surface area contributed by atoms with Crippen LogP contribution in [0.1, 0.15) is 104 Å². The third-order valence-corrected chi connectivity index (χ3v) is 6.60. The first-order chi connectivity index (χ1) is 15.4. The molecule has 0 aliphatic rings. The van der Waals surface area contributed by atoms with E-state index in [1.807, 2.05) is 12.4 Å². The summed E-state index contributed by atoms with van der Waals surface area (Å²) in [6, 6.07) is 8.28. The van der Waals surface area contributed by atoms with Crippen LogP contribution < -0.4 is 4.74 Å². The molecule has 0 radical (unpaired) electrons. The van der Waals surface area contributed by atoms with E-state index in [1.54, 1.807) is 0 Å². The summed E-state index contributed by atoms with van der Waals surface area (Å²) in [6.45, 7) is 9.23. The van der Waals surface area contributed by atoms with Gasteiger partial charge >= 0.3 is 0 Å². The van der Waals surface area contributed by atoms with Gasteiger partial charge in [0.25, 0.3) is 0 Å². The Kier molecular flexibility index (Phi) is 12.0. The summed E-state index contributed by atoms with van der Waals surface area (Å²) in [5.41, 5.74) is 2.29. The van der Waals surface area contributed by atoms with Crippen molar-refractivity contribution in [2.75, 3.05) is 0 Å². The van der Waals surface area contributed by atoms with Crippen molar-refractivity contribution in [1.82, 2.24) is 9.97 Å². The van der Waals surface area contributed by atoms with Crippen LogP contribution in [0.5, 0.6) is 5.75 Å². The summed E-state index contributed by atoms with van der Waals surface area (Å²) >= 11 is 0. The average Bonchev–Trinajstić information content (AvgIpc) is 2.78. The highest BCUT2D eigenvalue weighted by atomic mass is 28.1. The first-order valence-electron chi connectivity index (χ1n) is 13.0. The average molecular weight is 455 g/mol. The molecule has 0 saturated heterocycles. The monoisotopic (exact) mass is 454 g/mol. The number of hydrogen-bond acceptors (Lipinski definition) is 3. The Morgan fingerprint density at radius 3 is 2.16 bits per heavy atom. The van der Waals surface area contributed by atoms with Gasteiger partial charge in [-0.25, -0.2) is 9.97 Å². The zero-order valence-electron chi connectivity index (χ0n) is 21.3. The van der Waals surface area contributed by atoms with Gasteiger partial charge in [-0.05, 0) is 67.0 Å². The maximum absolute atomic E-state index is 6.25. The Morgan fingerprint density at radius 2 is 1.53 bits per heavy atom. The smallest absolute Gasteiger partial charge is 0.159 e. The van der Waals surface area contributed by atoms with Crippen molar-refractivity contribution in [3.63, 3.8) is 0 Å². The molecule has 2 aromatic rings. The van der Waals surface area contributed by atoms with E-state index >= 15 is 0 Å². The van der Waals surface area contributed by atoms with Gasteiger partial charge in [-0.1, -0.05) is 72.6 Å². The van der Waals surface area contributed by atoms with E-state index in [2.05, 4.69) is 61.9 Å². The number of aryl methyl sites for hydroxylation is 1. The first-order valence-corrected chi connectivity index (χ1v) is 14.0. The molecule has 0 amide bonds. The number of rotatable bonds is 16. The van der Waals surface area contributed by atoms with E-state index in [9.17, 15) is 0 Å². The second-order valence-electron chi connectivity index (χ2n) is 10.4. The van der Waals surface area contributed by atoms with Crippen molar-refractivity contribution >= 4 is 10.2 Å². The van der Waals surface area contributed by atoms with E-state index < -0.39 is 0 Å². The normalized spacial score (nSPS) is 12.8. The fourth-order valence-corrected chi connectivity index (χ4v) is 4.34. The fourth-order valence-electron chi connectivity index (χ4n) is 3.99. The number of hydrogen-bond donors (Lipinski definition) is 0. The topological polar surface area (TPSA) is 35.0 Å². The number of aromatic nitrogens is 2. The highest BCUT2D eigenvalue weighted by molar-refractivity contribution is 6.14. The molecule has 1 heterocycles. The van der Waals surface area contributed by atoms with Crippen LogP contribution >= 0.6 is 0 Å². The molecule has 0 aliphatic heterocycles. The molecular formula is C28H46N2OSi. The Labute approximate surface area is 200 Å². The predicted molar refractivity (Wildman–Crippen MR) is 142 cm³/mol. The van der Waals surface area contributed by atoms with Crippen LogP contribution in [0.15, 0.2) is 36.7 Å². The minimum absolute atomic E-state index is 0.301. The second-order valence-corrected chi connectivity index (χ2v) is 13.1. The van der Waals surface area contributed by atoms with Crippen molar-refractivity contribution in [3.8, 4) is 17.1 Å². The molecule has 4 heteroatoms. The summed E-state index contributed by atoms with van der Waals surface area (Å²) in [5.74, 6) is 1.74. The summed E-state index contributed by atoms with van der Waals surface area (Å²) in [6.07, 6.45) is 19.4. The van der Waals surface area contributed by atoms with E-state index in [1.165, 1.54) is 73.6 Å². The minimum atomic E-state index is 0.301. The van der Waals surface area contributed by atoms with Gasteiger partial charge in [-0.15, -0.1) is 0 Å². The Balaban J connectivity index is 1.78. The van der Waals surface area contributed by atoms with Crippen LogP contribution in [-0.2, 0) is 6.42 Å². The van der Waals surface area contributed by atoms with Crippen molar-refractivity contribution in [1.29, 1.82) is 0 Å². The van der Waals surface area contributed by atoms with Crippen LogP contribution in [0.25, 0.3) is 11.4 Å². The molecule has 2 rings (SSSR count). The number of nitrogens with zero attached hydrogens (tertiary/aromatic N) is 2. The van der Waals surface area contributed by atoms with Gasteiger partial charge in [0.15, 0.2) is 5.82 Å². The van der Waals surface area contributed by atoms with Crippen LogP contribution in [-0.4, -0.2) is 26.3 Å². The molecule has 1 aromatic heterocycles. The van der Waals surface area contributed by atoms with Gasteiger partial charge in [0, 0.05) is 28.2 Å².